The molecule has 2 aliphatic rings. The molecule has 4 rings (SSSR count). The predicted molar refractivity (Wildman–Crippen MR) is 163 cm³/mol. The van der Waals surface area contributed by atoms with Crippen LogP contribution in [-0.2, 0) is 0 Å². The Morgan fingerprint density at radius 3 is 2.74 bits per heavy atom. The van der Waals surface area contributed by atoms with Crippen molar-refractivity contribution in [3.63, 3.8) is 0 Å². The Hall–Kier alpha value is -3.03. The molecule has 1 aliphatic heterocycles. The van der Waals surface area contributed by atoms with Crippen molar-refractivity contribution in [3.05, 3.63) is 60.2 Å². The summed E-state index contributed by atoms with van der Waals surface area (Å²) in [5.41, 5.74) is -1.29. The summed E-state index contributed by atoms with van der Waals surface area (Å²) >= 11 is 7.27. The molecule has 1 aliphatic carbocycles. The topological polar surface area (TPSA) is 105 Å². The standard InChI is InChI=1S/C29H37ClF3N7O2S/c1-5-24(36-19(2)34-14-6-7-20-17-27(3,4)35-18-20)43-39-26(41)21-8-9-22(37-25(21)30)40-15-10-23(38-40)42-16-13-28(11-12-28)29(31,32)33/h5,8-10,15,20,34-35H,1-2,6-7,11-14,16-18H2,3-4H3,(H,39,41)/b36-24+. The Morgan fingerprint density at radius 2 is 2.12 bits per heavy atom. The number of aromatic nitrogens is 3. The third-order valence-corrected chi connectivity index (χ3v) is 8.66. The fourth-order valence-electron chi connectivity index (χ4n) is 4.96. The average molecular weight is 640 g/mol. The lowest BCUT2D eigenvalue weighted by Crippen LogP contribution is -2.31. The van der Waals surface area contributed by atoms with Crippen LogP contribution in [0.1, 0.15) is 62.7 Å². The minimum Gasteiger partial charge on any atom is -0.477 e. The van der Waals surface area contributed by atoms with E-state index in [0.717, 1.165) is 37.9 Å². The molecule has 3 N–H and O–H groups in total. The van der Waals surface area contributed by atoms with E-state index >= 15 is 0 Å². The van der Waals surface area contributed by atoms with Crippen LogP contribution in [0, 0.1) is 11.3 Å². The summed E-state index contributed by atoms with van der Waals surface area (Å²) in [7, 11) is 0. The number of hydrogen-bond donors (Lipinski definition) is 3. The molecule has 0 spiro atoms. The van der Waals surface area contributed by atoms with E-state index in [4.69, 9.17) is 16.3 Å². The van der Waals surface area contributed by atoms with Gasteiger partial charge in [0.2, 0.25) is 5.88 Å². The predicted octanol–water partition coefficient (Wildman–Crippen LogP) is 6.22. The first-order valence-electron chi connectivity index (χ1n) is 14.1. The average Bonchev–Trinajstić information content (AvgIpc) is 3.47. The highest BCUT2D eigenvalue weighted by molar-refractivity contribution is 8.13. The molecule has 1 unspecified atom stereocenters. The molecule has 0 bridgehead atoms. The summed E-state index contributed by atoms with van der Waals surface area (Å²) < 4.78 is 48.8. The monoisotopic (exact) mass is 639 g/mol. The van der Waals surface area contributed by atoms with E-state index in [1.165, 1.54) is 29.3 Å². The minimum absolute atomic E-state index is 0.0570. The lowest BCUT2D eigenvalue weighted by Gasteiger charge is -2.18. The van der Waals surface area contributed by atoms with Gasteiger partial charge in [-0.15, -0.1) is 5.10 Å². The van der Waals surface area contributed by atoms with Crippen molar-refractivity contribution in [2.24, 2.45) is 16.3 Å². The molecule has 1 atom stereocenters. The molecule has 234 valence electrons. The highest BCUT2D eigenvalue weighted by atomic mass is 35.5. The van der Waals surface area contributed by atoms with Crippen LogP contribution >= 0.6 is 23.5 Å². The van der Waals surface area contributed by atoms with Crippen LogP contribution in [0.4, 0.5) is 13.2 Å². The normalized spacial score (nSPS) is 19.1. The largest absolute Gasteiger partial charge is 0.477 e. The zero-order valence-electron chi connectivity index (χ0n) is 24.3. The van der Waals surface area contributed by atoms with Gasteiger partial charge in [-0.05, 0) is 83.0 Å². The van der Waals surface area contributed by atoms with Crippen molar-refractivity contribution < 1.29 is 22.7 Å². The fraction of sp³-hybridized carbons (Fsp3) is 0.517. The Kier molecular flexibility index (Phi) is 10.5. The highest BCUT2D eigenvalue weighted by Gasteiger charge is 2.62. The second kappa shape index (κ2) is 13.7. The third kappa shape index (κ3) is 8.99. The number of amides is 1. The van der Waals surface area contributed by atoms with E-state index in [1.807, 2.05) is 0 Å². The van der Waals surface area contributed by atoms with Crippen LogP contribution in [-0.4, -0.2) is 57.1 Å². The molecule has 2 aromatic heterocycles. The van der Waals surface area contributed by atoms with E-state index in [2.05, 4.69) is 57.4 Å². The van der Waals surface area contributed by atoms with Gasteiger partial charge in [0.25, 0.3) is 5.91 Å². The van der Waals surface area contributed by atoms with Gasteiger partial charge in [-0.2, -0.15) is 13.2 Å². The third-order valence-electron chi connectivity index (χ3n) is 7.62. The number of nitrogens with one attached hydrogen (secondary N) is 3. The molecular weight excluding hydrogens is 603 g/mol. The van der Waals surface area contributed by atoms with E-state index in [9.17, 15) is 18.0 Å². The van der Waals surface area contributed by atoms with E-state index in [-0.39, 0.29) is 48.0 Å². The van der Waals surface area contributed by atoms with Gasteiger partial charge in [-0.1, -0.05) is 24.8 Å². The number of aliphatic imine (C=N–C) groups is 1. The van der Waals surface area contributed by atoms with Crippen LogP contribution in [0.25, 0.3) is 5.82 Å². The molecular formula is C29H37ClF3N7O2S. The summed E-state index contributed by atoms with van der Waals surface area (Å²) in [6.07, 6.45) is 2.26. The van der Waals surface area contributed by atoms with Gasteiger partial charge in [0, 0.05) is 36.3 Å². The first-order valence-corrected chi connectivity index (χ1v) is 15.3. The van der Waals surface area contributed by atoms with Crippen molar-refractivity contribution in [1.29, 1.82) is 0 Å². The number of nitrogens with zero attached hydrogens (tertiary/aromatic N) is 4. The molecule has 43 heavy (non-hydrogen) atoms. The van der Waals surface area contributed by atoms with Gasteiger partial charge in [-0.3, -0.25) is 9.52 Å². The number of hydrogen-bond acceptors (Lipinski definition) is 8. The number of halogens is 4. The molecule has 2 fully saturated rings. The molecule has 1 saturated heterocycles. The summed E-state index contributed by atoms with van der Waals surface area (Å²) in [6.45, 7) is 13.8. The second-order valence-corrected chi connectivity index (χ2v) is 12.7. The van der Waals surface area contributed by atoms with Gasteiger partial charge in [0.15, 0.2) is 5.82 Å². The van der Waals surface area contributed by atoms with Crippen molar-refractivity contribution in [3.8, 4) is 11.7 Å². The van der Waals surface area contributed by atoms with Crippen LogP contribution in [0.15, 0.2) is 54.4 Å². The van der Waals surface area contributed by atoms with Gasteiger partial charge in [0.05, 0.1) is 17.6 Å². The van der Waals surface area contributed by atoms with Crippen LogP contribution in [0.3, 0.4) is 0 Å². The van der Waals surface area contributed by atoms with Crippen molar-refractivity contribution in [2.75, 3.05) is 19.7 Å². The maximum atomic E-state index is 13.1. The molecule has 14 heteroatoms. The second-order valence-electron chi connectivity index (χ2n) is 11.5. The fourth-order valence-corrected chi connectivity index (χ4v) is 5.74. The Bertz CT molecular complexity index is 1360. The van der Waals surface area contributed by atoms with Gasteiger partial charge in [0.1, 0.15) is 16.0 Å². The summed E-state index contributed by atoms with van der Waals surface area (Å²) in [6, 6.07) is 4.56. The van der Waals surface area contributed by atoms with E-state index < -0.39 is 17.5 Å². The lowest BCUT2D eigenvalue weighted by atomic mass is 9.94. The smallest absolute Gasteiger partial charge is 0.394 e. The number of rotatable bonds is 13. The molecule has 3 heterocycles. The molecule has 1 saturated carbocycles. The van der Waals surface area contributed by atoms with Crippen molar-refractivity contribution >= 4 is 34.5 Å². The number of ether oxygens (including phenoxy) is 1. The SMILES string of the molecule is C=C/C(=N\C(=C)NCCCC1CNC(C)(C)C1)SNC(=O)c1ccc(-n2ccc(OCCC3(C(F)(F)F)CC3)n2)nc1Cl. The summed E-state index contributed by atoms with van der Waals surface area (Å²) in [5, 5.41) is 11.3. The zero-order chi connectivity index (χ0) is 31.3. The number of carbonyl (C=O) groups excluding carboxylic acids is 1. The van der Waals surface area contributed by atoms with Gasteiger partial charge >= 0.3 is 6.18 Å². The van der Waals surface area contributed by atoms with E-state index in [0.29, 0.717) is 22.6 Å². The quantitative estimate of drug-likeness (QED) is 0.0785. The maximum Gasteiger partial charge on any atom is 0.394 e. The minimum atomic E-state index is -4.22. The number of alkyl halides is 3. The van der Waals surface area contributed by atoms with Crippen LogP contribution < -0.4 is 20.1 Å². The Balaban J connectivity index is 1.22. The highest BCUT2D eigenvalue weighted by Crippen LogP contribution is 2.59. The van der Waals surface area contributed by atoms with Gasteiger partial charge in [-0.25, -0.2) is 14.7 Å². The molecule has 2 aromatic rings. The van der Waals surface area contributed by atoms with Crippen molar-refractivity contribution in [2.45, 2.75) is 64.1 Å². The molecule has 9 nitrogen and oxygen atoms in total. The van der Waals surface area contributed by atoms with Gasteiger partial charge < -0.3 is 15.4 Å². The lowest BCUT2D eigenvalue weighted by molar-refractivity contribution is -0.190. The first kappa shape index (κ1) is 32.9. The molecule has 0 radical (unpaired) electrons. The van der Waals surface area contributed by atoms with Crippen LogP contribution in [0.2, 0.25) is 5.15 Å². The molecule has 0 aromatic carbocycles. The first-order chi connectivity index (χ1) is 20.3. The number of carbonyl (C=O) groups is 1. The maximum absolute atomic E-state index is 13.1. The zero-order valence-corrected chi connectivity index (χ0v) is 25.8. The van der Waals surface area contributed by atoms with Crippen molar-refractivity contribution in [1.82, 2.24) is 30.1 Å². The molecule has 1 amide bonds. The summed E-state index contributed by atoms with van der Waals surface area (Å²) in [5.74, 6) is 1.13. The van der Waals surface area contributed by atoms with E-state index in [1.54, 1.807) is 12.3 Å². The Labute approximate surface area is 258 Å². The number of pyridine rings is 1. The summed E-state index contributed by atoms with van der Waals surface area (Å²) in [4.78, 5) is 21.4. The van der Waals surface area contributed by atoms with Crippen LogP contribution in [0.5, 0.6) is 5.88 Å². The Morgan fingerprint density at radius 1 is 1.35 bits per heavy atom.